The minimum Gasteiger partial charge on any atom is -0.478 e. The lowest BCUT2D eigenvalue weighted by molar-refractivity contribution is -0.145. The molecule has 1 rings (SSSR count). The Labute approximate surface area is 65.7 Å². The fourth-order valence-electron chi connectivity index (χ4n) is 1.18. The number of aliphatic carboxylic acids is 1. The summed E-state index contributed by atoms with van der Waals surface area (Å²) in [4.78, 5) is 14.1. The average Bonchev–Trinajstić information content (AvgIpc) is 2.30. The summed E-state index contributed by atoms with van der Waals surface area (Å²) in [6, 6.07) is 0. The number of rotatable bonds is 2. The van der Waals surface area contributed by atoms with E-state index in [9.17, 15) is 4.79 Å². The molecule has 0 aromatic carbocycles. The van der Waals surface area contributed by atoms with Gasteiger partial charge in [0.25, 0.3) is 0 Å². The van der Waals surface area contributed by atoms with Crippen LogP contribution in [-0.4, -0.2) is 40.6 Å². The molecule has 0 amide bonds. The van der Waals surface area contributed by atoms with Crippen molar-refractivity contribution < 1.29 is 9.90 Å². The van der Waals surface area contributed by atoms with Crippen molar-refractivity contribution in [3.63, 3.8) is 0 Å². The van der Waals surface area contributed by atoms with Crippen molar-refractivity contribution in [3.05, 3.63) is 12.4 Å². The van der Waals surface area contributed by atoms with Gasteiger partial charge in [-0.3, -0.25) is 0 Å². The van der Waals surface area contributed by atoms with Crippen LogP contribution in [0.2, 0.25) is 0 Å². The molecule has 1 aliphatic heterocycles. The second kappa shape index (κ2) is 2.82. The molecular formula is C7H12N2O2. The monoisotopic (exact) mass is 156 g/mol. The number of carboxylic acids is 1. The van der Waals surface area contributed by atoms with Gasteiger partial charge in [-0.1, -0.05) is 0 Å². The van der Waals surface area contributed by atoms with Crippen molar-refractivity contribution in [2.45, 2.75) is 13.1 Å². The number of hydrogen-bond donors (Lipinski definition) is 1. The maximum atomic E-state index is 10.7. The zero-order valence-corrected chi connectivity index (χ0v) is 6.69. The normalized spacial score (nSPS) is 22.9. The van der Waals surface area contributed by atoms with Crippen LogP contribution in [0.4, 0.5) is 0 Å². The molecule has 0 saturated carbocycles. The predicted molar refractivity (Wildman–Crippen MR) is 40.7 cm³/mol. The van der Waals surface area contributed by atoms with Gasteiger partial charge in [-0.25, -0.2) is 4.79 Å². The lowest BCUT2D eigenvalue weighted by Gasteiger charge is -2.25. The lowest BCUT2D eigenvalue weighted by Crippen LogP contribution is -2.42. The van der Waals surface area contributed by atoms with Crippen molar-refractivity contribution in [2.24, 2.45) is 0 Å². The molecule has 11 heavy (non-hydrogen) atoms. The third-order valence-corrected chi connectivity index (χ3v) is 1.78. The third kappa shape index (κ3) is 1.29. The maximum absolute atomic E-state index is 10.7. The molecule has 1 heterocycles. The Morgan fingerprint density at radius 1 is 1.64 bits per heavy atom. The topological polar surface area (TPSA) is 43.8 Å². The van der Waals surface area contributed by atoms with E-state index in [0.717, 1.165) is 6.54 Å². The van der Waals surface area contributed by atoms with Crippen LogP contribution >= 0.6 is 0 Å². The van der Waals surface area contributed by atoms with Crippen LogP contribution in [0.1, 0.15) is 6.92 Å². The molecule has 0 spiro atoms. The molecule has 1 unspecified atom stereocenters. The Morgan fingerprint density at radius 2 is 2.27 bits per heavy atom. The first kappa shape index (κ1) is 7.91. The van der Waals surface area contributed by atoms with E-state index < -0.39 is 12.1 Å². The summed E-state index contributed by atoms with van der Waals surface area (Å²) >= 11 is 0. The zero-order chi connectivity index (χ0) is 8.43. The highest BCUT2D eigenvalue weighted by Gasteiger charge is 2.28. The smallest absolute Gasteiger partial charge is 0.347 e. The molecule has 0 aromatic rings. The molecule has 0 fully saturated rings. The van der Waals surface area contributed by atoms with Crippen LogP contribution in [0.3, 0.4) is 0 Å². The van der Waals surface area contributed by atoms with Crippen molar-refractivity contribution in [1.29, 1.82) is 0 Å². The van der Waals surface area contributed by atoms with Crippen molar-refractivity contribution in [2.75, 3.05) is 13.6 Å². The third-order valence-electron chi connectivity index (χ3n) is 1.78. The summed E-state index contributed by atoms with van der Waals surface area (Å²) in [5, 5.41) is 8.76. The number of likely N-dealkylation sites (N-methyl/N-ethyl adjacent to an activating group) is 2. The number of hydrogen-bond acceptors (Lipinski definition) is 3. The van der Waals surface area contributed by atoms with E-state index in [1.165, 1.54) is 0 Å². The van der Waals surface area contributed by atoms with Crippen LogP contribution in [0.25, 0.3) is 0 Å². The molecule has 0 aromatic heterocycles. The molecule has 1 N–H and O–H groups in total. The van der Waals surface area contributed by atoms with Crippen LogP contribution < -0.4 is 0 Å². The number of carbonyl (C=O) groups is 1. The SMILES string of the molecule is CCN1C=CN(C)C1C(=O)O. The largest absolute Gasteiger partial charge is 0.478 e. The Morgan fingerprint density at radius 3 is 2.64 bits per heavy atom. The maximum Gasteiger partial charge on any atom is 0.347 e. The van der Waals surface area contributed by atoms with Crippen molar-refractivity contribution in [1.82, 2.24) is 9.80 Å². The highest BCUT2D eigenvalue weighted by molar-refractivity contribution is 5.73. The highest BCUT2D eigenvalue weighted by Crippen LogP contribution is 2.12. The highest BCUT2D eigenvalue weighted by atomic mass is 16.4. The van der Waals surface area contributed by atoms with Gasteiger partial charge in [0.05, 0.1) is 0 Å². The number of carboxylic acid groups (broad SMARTS) is 1. The molecule has 0 radical (unpaired) electrons. The second-order valence-corrected chi connectivity index (χ2v) is 2.51. The average molecular weight is 156 g/mol. The van der Waals surface area contributed by atoms with E-state index in [2.05, 4.69) is 0 Å². The molecule has 0 saturated heterocycles. The van der Waals surface area contributed by atoms with Gasteiger partial charge < -0.3 is 14.9 Å². The van der Waals surface area contributed by atoms with E-state index in [1.54, 1.807) is 29.2 Å². The van der Waals surface area contributed by atoms with Gasteiger partial charge >= 0.3 is 5.97 Å². The lowest BCUT2D eigenvalue weighted by atomic mass is 10.4. The first-order valence-corrected chi connectivity index (χ1v) is 3.55. The predicted octanol–water partition coefficient (Wildman–Crippen LogP) is 0.136. The molecule has 1 atom stereocenters. The standard InChI is InChI=1S/C7H12N2O2/c1-3-9-5-4-8(2)6(9)7(10)11/h4-6H,3H2,1-2H3,(H,10,11). The fraction of sp³-hybridized carbons (Fsp3) is 0.571. The van der Waals surface area contributed by atoms with Gasteiger partial charge in [-0.05, 0) is 6.92 Å². The first-order valence-electron chi connectivity index (χ1n) is 3.55. The van der Waals surface area contributed by atoms with Crippen LogP contribution in [0.15, 0.2) is 12.4 Å². The van der Waals surface area contributed by atoms with E-state index in [0.29, 0.717) is 0 Å². The summed E-state index contributed by atoms with van der Waals surface area (Å²) in [6.07, 6.45) is 3.04. The molecular weight excluding hydrogens is 144 g/mol. The molecule has 0 bridgehead atoms. The summed E-state index contributed by atoms with van der Waals surface area (Å²) in [5.41, 5.74) is 0. The quantitative estimate of drug-likeness (QED) is 0.617. The number of nitrogens with zero attached hydrogens (tertiary/aromatic N) is 2. The first-order chi connectivity index (χ1) is 5.16. The summed E-state index contributed by atoms with van der Waals surface area (Å²) in [7, 11) is 1.75. The summed E-state index contributed by atoms with van der Waals surface area (Å²) in [6.45, 7) is 2.65. The minimum atomic E-state index is -0.806. The van der Waals surface area contributed by atoms with E-state index in [4.69, 9.17) is 5.11 Å². The van der Waals surface area contributed by atoms with Crippen LogP contribution in [-0.2, 0) is 4.79 Å². The van der Waals surface area contributed by atoms with Crippen LogP contribution in [0, 0.1) is 0 Å². The molecule has 4 heteroatoms. The Bertz CT molecular complexity index is 191. The van der Waals surface area contributed by atoms with E-state index in [1.807, 2.05) is 6.92 Å². The molecule has 4 nitrogen and oxygen atoms in total. The van der Waals surface area contributed by atoms with Gasteiger partial charge in [-0.2, -0.15) is 0 Å². The molecule has 1 aliphatic rings. The van der Waals surface area contributed by atoms with Gasteiger partial charge in [0.15, 0.2) is 0 Å². The van der Waals surface area contributed by atoms with E-state index in [-0.39, 0.29) is 0 Å². The van der Waals surface area contributed by atoms with E-state index >= 15 is 0 Å². The van der Waals surface area contributed by atoms with Crippen molar-refractivity contribution in [3.8, 4) is 0 Å². The van der Waals surface area contributed by atoms with Gasteiger partial charge in [0, 0.05) is 26.0 Å². The van der Waals surface area contributed by atoms with Gasteiger partial charge in [0.2, 0.25) is 6.17 Å². The Hall–Kier alpha value is -1.19. The Balaban J connectivity index is 2.69. The Kier molecular flexibility index (Phi) is 2.03. The van der Waals surface area contributed by atoms with Crippen molar-refractivity contribution >= 4 is 5.97 Å². The van der Waals surface area contributed by atoms with Gasteiger partial charge in [0.1, 0.15) is 0 Å². The molecule has 62 valence electrons. The van der Waals surface area contributed by atoms with Gasteiger partial charge in [-0.15, -0.1) is 0 Å². The van der Waals surface area contributed by atoms with Crippen LogP contribution in [0.5, 0.6) is 0 Å². The molecule has 0 aliphatic carbocycles. The fourth-order valence-corrected chi connectivity index (χ4v) is 1.18. The second-order valence-electron chi connectivity index (χ2n) is 2.51. The minimum absolute atomic E-state index is 0.514. The summed E-state index contributed by atoms with van der Waals surface area (Å²) in [5.74, 6) is -0.806. The zero-order valence-electron chi connectivity index (χ0n) is 6.69. The summed E-state index contributed by atoms with van der Waals surface area (Å²) < 4.78 is 0.